The zero-order valence-corrected chi connectivity index (χ0v) is 25.9. The van der Waals surface area contributed by atoms with E-state index in [-0.39, 0.29) is 6.04 Å². The summed E-state index contributed by atoms with van der Waals surface area (Å²) >= 11 is 0. The number of nitrogens with zero attached hydrogens (tertiary/aromatic N) is 5. The fourth-order valence-electron chi connectivity index (χ4n) is 7.13. The van der Waals surface area contributed by atoms with Crippen LogP contribution in [0.25, 0.3) is 22.2 Å². The molecule has 2 aromatic carbocycles. The van der Waals surface area contributed by atoms with Crippen LogP contribution in [-0.4, -0.2) is 143 Å². The van der Waals surface area contributed by atoms with Crippen molar-refractivity contribution in [3.05, 3.63) is 67.1 Å². The lowest BCUT2D eigenvalue weighted by molar-refractivity contribution is -0.0551. The minimum absolute atomic E-state index is 0.000491. The van der Waals surface area contributed by atoms with Crippen molar-refractivity contribution in [1.82, 2.24) is 24.3 Å². The Morgan fingerprint density at radius 2 is 1.23 bits per heavy atom. The molecule has 7 nitrogen and oxygen atoms in total. The number of aromatic nitrogens is 3. The predicted octanol–water partition coefficient (Wildman–Crippen LogP) is -0.346. The molecule has 4 aromatic rings. The van der Waals surface area contributed by atoms with E-state index in [4.69, 9.17) is 96.8 Å². The highest BCUT2D eigenvalue weighted by atomic mass is 16.5. The monoisotopic (exact) mass is 592 g/mol. The third-order valence-corrected chi connectivity index (χ3v) is 9.42. The number of ether oxygens (including phenoxy) is 1. The van der Waals surface area contributed by atoms with Crippen LogP contribution in [0.2, 0.25) is 0 Å². The molecule has 1 saturated carbocycles. The highest BCUT2D eigenvalue weighted by molar-refractivity contribution is 6.64. The lowest BCUT2D eigenvalue weighted by Gasteiger charge is -2.80. The van der Waals surface area contributed by atoms with Gasteiger partial charge in [0, 0.05) is 23.8 Å². The second-order valence-electron chi connectivity index (χ2n) is 12.7. The van der Waals surface area contributed by atoms with Crippen molar-refractivity contribution in [2.24, 2.45) is 0 Å². The van der Waals surface area contributed by atoms with E-state index >= 15 is 0 Å². The second kappa shape index (κ2) is 11.7. The third kappa shape index (κ3) is 5.55. The second-order valence-corrected chi connectivity index (χ2v) is 12.7. The first-order valence-electron chi connectivity index (χ1n) is 15.1. The summed E-state index contributed by atoms with van der Waals surface area (Å²) in [4.78, 5) is 11.0. The van der Waals surface area contributed by atoms with Gasteiger partial charge in [0.25, 0.3) is 0 Å². The van der Waals surface area contributed by atoms with Gasteiger partial charge < -0.3 is 24.8 Å². The first-order chi connectivity index (χ1) is 21.9. The van der Waals surface area contributed by atoms with Crippen LogP contribution in [0.15, 0.2) is 67.1 Å². The number of anilines is 1. The standard InChI is InChI=1S/C29H23B11N6O/c30-25(31)27(34,35)46(29(38,39)40)28(36,37)26(32,33)45(25)18-10-8-17(9-11-18)44-14-21(22-23(41)42-15-43-24(22)44)16-6-12-20(13-7-16)47-19-4-2-1-3-5-19/h1-7,12-15,17-18H,8-11H2,(H2,41,42,43). The maximum atomic E-state index is 6.60. The number of para-hydroxylation sites is 1. The minimum atomic E-state index is -2.28. The summed E-state index contributed by atoms with van der Waals surface area (Å²) in [6, 6.07) is 16.9. The summed E-state index contributed by atoms with van der Waals surface area (Å²) in [7, 11) is 70.0. The molecule has 0 spiro atoms. The first-order valence-corrected chi connectivity index (χ1v) is 15.1. The van der Waals surface area contributed by atoms with E-state index in [2.05, 4.69) is 14.5 Å². The summed E-state index contributed by atoms with van der Waals surface area (Å²) < 4.78 is 8.08. The lowest BCUT2D eigenvalue weighted by Crippen LogP contribution is -2.95. The van der Waals surface area contributed by atoms with E-state index in [0.717, 1.165) is 27.2 Å². The summed E-state index contributed by atoms with van der Waals surface area (Å²) in [6.07, 6.45) is 5.76. The molecule has 2 aliphatic rings. The van der Waals surface area contributed by atoms with E-state index < -0.39 is 32.6 Å². The molecule has 2 N–H and O–H groups in total. The van der Waals surface area contributed by atoms with Crippen LogP contribution < -0.4 is 10.5 Å². The summed E-state index contributed by atoms with van der Waals surface area (Å²) in [5.41, 5.74) is 8.92. The van der Waals surface area contributed by atoms with Gasteiger partial charge in [-0.05, 0) is 55.5 Å². The van der Waals surface area contributed by atoms with Crippen molar-refractivity contribution in [2.75, 3.05) is 5.73 Å². The van der Waals surface area contributed by atoms with E-state index in [1.54, 1.807) is 0 Å². The Morgan fingerprint density at radius 1 is 0.702 bits per heavy atom. The van der Waals surface area contributed by atoms with Gasteiger partial charge in [0.1, 0.15) is 29.3 Å². The molecule has 18 heteroatoms. The molecule has 1 aliphatic heterocycles. The average Bonchev–Trinajstić information content (AvgIpc) is 3.37. The van der Waals surface area contributed by atoms with Crippen LogP contribution in [0.1, 0.15) is 31.7 Å². The van der Waals surface area contributed by atoms with Gasteiger partial charge in [-0.1, -0.05) is 56.9 Å². The maximum absolute atomic E-state index is 6.60. The van der Waals surface area contributed by atoms with E-state index in [0.29, 0.717) is 42.9 Å². The van der Waals surface area contributed by atoms with Crippen molar-refractivity contribution >= 4 is 103 Å². The molecule has 6 rings (SSSR count). The van der Waals surface area contributed by atoms with Gasteiger partial charge in [-0.15, -0.1) is 0 Å². The molecule has 2 fully saturated rings. The van der Waals surface area contributed by atoms with Crippen molar-refractivity contribution in [3.63, 3.8) is 0 Å². The van der Waals surface area contributed by atoms with E-state index in [9.17, 15) is 0 Å². The zero-order valence-electron chi connectivity index (χ0n) is 25.9. The molecule has 47 heavy (non-hydrogen) atoms. The molecule has 0 atom stereocenters. The molecular weight excluding hydrogens is 567 g/mol. The number of nitrogens with two attached hydrogens (primary N) is 1. The molecule has 0 amide bonds. The van der Waals surface area contributed by atoms with E-state index in [1.165, 1.54) is 11.2 Å². The Bertz CT molecular complexity index is 1730. The number of benzene rings is 2. The van der Waals surface area contributed by atoms with Crippen LogP contribution in [0.3, 0.4) is 0 Å². The normalized spacial score (nSPS) is 24.1. The van der Waals surface area contributed by atoms with Crippen LogP contribution in [-0.2, 0) is 0 Å². The molecule has 0 unspecified atom stereocenters. The smallest absolute Gasteiger partial charge is 0.146 e. The molecule has 3 heterocycles. The summed E-state index contributed by atoms with van der Waals surface area (Å²) in [6.45, 7) is 0. The highest BCUT2D eigenvalue weighted by Gasteiger charge is 2.62. The van der Waals surface area contributed by atoms with Crippen LogP contribution in [0.5, 0.6) is 11.5 Å². The summed E-state index contributed by atoms with van der Waals surface area (Å²) in [5, 5.41) is -10.3. The number of hydrogen-bond acceptors (Lipinski definition) is 6. The average molecular weight is 590 g/mol. The van der Waals surface area contributed by atoms with Gasteiger partial charge in [-0.2, -0.15) is 0 Å². The minimum Gasteiger partial charge on any atom is -0.457 e. The van der Waals surface area contributed by atoms with Gasteiger partial charge in [0.2, 0.25) is 0 Å². The van der Waals surface area contributed by atoms with Crippen molar-refractivity contribution in [3.8, 4) is 22.6 Å². The van der Waals surface area contributed by atoms with Crippen LogP contribution in [0.4, 0.5) is 5.82 Å². The number of nitrogen functional groups attached to an aromatic ring is 1. The molecule has 2 aromatic heterocycles. The predicted molar refractivity (Wildman–Crippen MR) is 196 cm³/mol. The Kier molecular flexibility index (Phi) is 8.52. The van der Waals surface area contributed by atoms with Crippen molar-refractivity contribution < 1.29 is 4.74 Å². The molecule has 208 valence electrons. The molecule has 1 saturated heterocycles. The summed E-state index contributed by atoms with van der Waals surface area (Å²) in [5.74, 6) is 1.81. The Labute approximate surface area is 291 Å². The quantitative estimate of drug-likeness (QED) is 0.310. The Morgan fingerprint density at radius 3 is 1.79 bits per heavy atom. The fourth-order valence-corrected chi connectivity index (χ4v) is 7.13. The molecule has 1 aliphatic carbocycles. The molecule has 22 radical (unpaired) electrons. The van der Waals surface area contributed by atoms with Crippen LogP contribution >= 0.6 is 0 Å². The lowest BCUT2D eigenvalue weighted by atomic mass is 9.23. The largest absolute Gasteiger partial charge is 0.457 e. The van der Waals surface area contributed by atoms with Gasteiger partial charge in [0.15, 0.2) is 0 Å². The van der Waals surface area contributed by atoms with E-state index in [1.807, 2.05) is 60.8 Å². The van der Waals surface area contributed by atoms with Gasteiger partial charge >= 0.3 is 0 Å². The SMILES string of the molecule is [B]C([B])([B])N1C([B])([B])C([B])([B])N(C2CCC(n3cc(-c4ccc(Oc5ccccc5)cc4)c4c(N)ncnc43)CC2)C([B])([B])C1([B])[B]. The third-order valence-electron chi connectivity index (χ3n) is 9.42. The van der Waals surface area contributed by atoms with Gasteiger partial charge in [0.05, 0.1) is 91.7 Å². The maximum Gasteiger partial charge on any atom is 0.146 e. The van der Waals surface area contributed by atoms with Crippen molar-refractivity contribution in [2.45, 2.75) is 64.4 Å². The number of rotatable bonds is 6. The Balaban J connectivity index is 1.28. The fraction of sp³-hybridized carbons (Fsp3) is 0.379. The number of hydrogen-bond donors (Lipinski definition) is 1. The topological polar surface area (TPSA) is 72.4 Å². The number of piperazine rings is 1. The highest BCUT2D eigenvalue weighted by Crippen LogP contribution is 2.48. The zero-order chi connectivity index (χ0) is 34.2. The van der Waals surface area contributed by atoms with Crippen molar-refractivity contribution in [1.29, 1.82) is 0 Å². The molecule has 0 bridgehead atoms. The van der Waals surface area contributed by atoms with Gasteiger partial charge in [-0.25, -0.2) is 9.97 Å². The Hall–Kier alpha value is -2.71. The first kappa shape index (κ1) is 34.2. The molecular formula is C29H23B11N6O. The van der Waals surface area contributed by atoms with Gasteiger partial charge in [-0.3, -0.25) is 0 Å². The number of fused-ring (bicyclic) bond motifs is 1. The van der Waals surface area contributed by atoms with Crippen LogP contribution in [0, 0.1) is 0 Å².